The summed E-state index contributed by atoms with van der Waals surface area (Å²) in [5, 5.41) is 7.77. The normalized spacial score (nSPS) is 11.1. The van der Waals surface area contributed by atoms with E-state index in [4.69, 9.17) is 5.14 Å². The van der Waals surface area contributed by atoms with E-state index in [0.717, 1.165) is 5.56 Å². The Morgan fingerprint density at radius 1 is 1.08 bits per heavy atom. The van der Waals surface area contributed by atoms with Crippen LogP contribution in [0.15, 0.2) is 53.4 Å². The lowest BCUT2D eigenvalue weighted by Gasteiger charge is -2.07. The maximum absolute atomic E-state index is 12.0. The average molecular weight is 346 g/mol. The molecule has 3 N–H and O–H groups in total. The molecule has 6 nitrogen and oxygen atoms in total. The van der Waals surface area contributed by atoms with Crippen LogP contribution in [0.1, 0.15) is 29.3 Å². The molecule has 0 aliphatic heterocycles. The number of carbonyl (C=O) groups excluding carboxylic acids is 2. The van der Waals surface area contributed by atoms with Gasteiger partial charge in [-0.05, 0) is 43.2 Å². The maximum atomic E-state index is 12.0. The van der Waals surface area contributed by atoms with Crippen molar-refractivity contribution in [2.45, 2.75) is 24.7 Å². The molecule has 0 aromatic heterocycles. The fourth-order valence-corrected chi connectivity index (χ4v) is 2.66. The Kier molecular flexibility index (Phi) is 5.48. The number of hydrogen-bond acceptors (Lipinski definition) is 4. The van der Waals surface area contributed by atoms with Crippen molar-refractivity contribution in [2.24, 2.45) is 5.14 Å². The molecule has 0 bridgehead atoms. The number of nitrogens with one attached hydrogen (secondary N) is 1. The third kappa shape index (κ3) is 5.00. The van der Waals surface area contributed by atoms with Gasteiger partial charge in [0.1, 0.15) is 0 Å². The van der Waals surface area contributed by atoms with Gasteiger partial charge in [-0.1, -0.05) is 24.3 Å². The summed E-state index contributed by atoms with van der Waals surface area (Å²) in [5.41, 5.74) is 1.93. The molecule has 0 radical (unpaired) electrons. The van der Waals surface area contributed by atoms with Gasteiger partial charge in [-0.2, -0.15) is 0 Å². The molecule has 2 aromatic rings. The molecule has 0 fully saturated rings. The number of aryl methyl sites for hydroxylation is 1. The molecular weight excluding hydrogens is 328 g/mol. The molecule has 0 spiro atoms. The lowest BCUT2D eigenvalue weighted by atomic mass is 10.1. The van der Waals surface area contributed by atoms with Gasteiger partial charge in [0.15, 0.2) is 5.78 Å². The highest BCUT2D eigenvalue weighted by molar-refractivity contribution is 7.89. The minimum atomic E-state index is -3.71. The molecular formula is C17H18N2O4S. The van der Waals surface area contributed by atoms with Crippen molar-refractivity contribution >= 4 is 27.4 Å². The molecule has 24 heavy (non-hydrogen) atoms. The van der Waals surface area contributed by atoms with Crippen LogP contribution in [0.25, 0.3) is 0 Å². The first-order valence-corrected chi connectivity index (χ1v) is 8.83. The molecule has 1 amide bonds. The minimum Gasteiger partial charge on any atom is -0.326 e. The smallest absolute Gasteiger partial charge is 0.238 e. The first-order chi connectivity index (χ1) is 11.3. The van der Waals surface area contributed by atoms with Crippen LogP contribution in [0.4, 0.5) is 5.69 Å². The third-order valence-electron chi connectivity index (χ3n) is 3.45. The summed E-state index contributed by atoms with van der Waals surface area (Å²) in [6, 6.07) is 12.8. The lowest BCUT2D eigenvalue weighted by molar-refractivity contribution is -0.116. The van der Waals surface area contributed by atoms with Crippen LogP contribution in [0, 0.1) is 0 Å². The number of rotatable bonds is 6. The first kappa shape index (κ1) is 17.8. The summed E-state index contributed by atoms with van der Waals surface area (Å²) in [4.78, 5) is 23.3. The van der Waals surface area contributed by atoms with E-state index in [0.29, 0.717) is 17.7 Å². The highest BCUT2D eigenvalue weighted by Gasteiger charge is 2.08. The third-order valence-corrected chi connectivity index (χ3v) is 4.37. The van der Waals surface area contributed by atoms with E-state index in [1.165, 1.54) is 19.1 Å². The highest BCUT2D eigenvalue weighted by Crippen LogP contribution is 2.13. The number of anilines is 1. The van der Waals surface area contributed by atoms with Crippen LogP contribution in [0.2, 0.25) is 0 Å². The molecule has 0 saturated heterocycles. The zero-order valence-electron chi connectivity index (χ0n) is 13.2. The summed E-state index contributed by atoms with van der Waals surface area (Å²) in [7, 11) is -3.71. The van der Waals surface area contributed by atoms with Crippen molar-refractivity contribution < 1.29 is 18.0 Å². The van der Waals surface area contributed by atoms with E-state index in [1.54, 1.807) is 36.4 Å². The van der Waals surface area contributed by atoms with Gasteiger partial charge in [0, 0.05) is 17.7 Å². The predicted molar refractivity (Wildman–Crippen MR) is 91.2 cm³/mol. The van der Waals surface area contributed by atoms with E-state index in [2.05, 4.69) is 5.32 Å². The molecule has 2 aromatic carbocycles. The summed E-state index contributed by atoms with van der Waals surface area (Å²) in [5.74, 6) is -0.257. The Morgan fingerprint density at radius 2 is 1.75 bits per heavy atom. The Hall–Kier alpha value is -2.51. The van der Waals surface area contributed by atoms with Gasteiger partial charge in [-0.25, -0.2) is 13.6 Å². The Balaban J connectivity index is 1.94. The van der Waals surface area contributed by atoms with Crippen molar-refractivity contribution in [3.05, 3.63) is 59.7 Å². The summed E-state index contributed by atoms with van der Waals surface area (Å²) in [6.07, 6.45) is 0.697. The van der Waals surface area contributed by atoms with Crippen molar-refractivity contribution in [2.75, 3.05) is 5.32 Å². The van der Waals surface area contributed by atoms with Crippen molar-refractivity contribution in [1.29, 1.82) is 0 Å². The van der Waals surface area contributed by atoms with E-state index in [-0.39, 0.29) is 23.0 Å². The van der Waals surface area contributed by atoms with E-state index >= 15 is 0 Å². The fourth-order valence-electron chi connectivity index (χ4n) is 2.14. The molecule has 0 aliphatic carbocycles. The molecule has 0 atom stereocenters. The number of carbonyl (C=O) groups is 2. The molecule has 2 rings (SSSR count). The van der Waals surface area contributed by atoms with Gasteiger partial charge in [-0.3, -0.25) is 9.59 Å². The van der Waals surface area contributed by atoms with Crippen LogP contribution in [-0.4, -0.2) is 20.1 Å². The van der Waals surface area contributed by atoms with Crippen LogP contribution in [-0.2, 0) is 21.2 Å². The fraction of sp³-hybridized carbons (Fsp3) is 0.176. The van der Waals surface area contributed by atoms with Gasteiger partial charge >= 0.3 is 0 Å². The van der Waals surface area contributed by atoms with Gasteiger partial charge in [-0.15, -0.1) is 0 Å². The predicted octanol–water partition coefficient (Wildman–Crippen LogP) is 2.11. The summed E-state index contributed by atoms with van der Waals surface area (Å²) >= 11 is 0. The topological polar surface area (TPSA) is 106 Å². The van der Waals surface area contributed by atoms with Crippen LogP contribution in [0.3, 0.4) is 0 Å². The zero-order chi connectivity index (χ0) is 17.7. The van der Waals surface area contributed by atoms with Crippen molar-refractivity contribution in [3.63, 3.8) is 0 Å². The molecule has 0 heterocycles. The second-order valence-corrected chi connectivity index (χ2v) is 6.94. The van der Waals surface area contributed by atoms with Gasteiger partial charge in [0.05, 0.1) is 4.90 Å². The van der Waals surface area contributed by atoms with Crippen molar-refractivity contribution in [1.82, 2.24) is 0 Å². The molecule has 7 heteroatoms. The number of hydrogen-bond donors (Lipinski definition) is 2. The highest BCUT2D eigenvalue weighted by atomic mass is 32.2. The summed E-state index contributed by atoms with van der Waals surface area (Å²) in [6.45, 7) is 1.46. The number of sulfonamides is 1. The average Bonchev–Trinajstić information content (AvgIpc) is 2.53. The molecule has 126 valence electrons. The molecule has 0 saturated carbocycles. The minimum absolute atomic E-state index is 0.0387. The van der Waals surface area contributed by atoms with E-state index < -0.39 is 10.0 Å². The summed E-state index contributed by atoms with van der Waals surface area (Å²) < 4.78 is 22.4. The number of ketones is 1. The number of amides is 1. The first-order valence-electron chi connectivity index (χ1n) is 7.28. The Labute approximate surface area is 140 Å². The van der Waals surface area contributed by atoms with E-state index in [1.807, 2.05) is 0 Å². The second kappa shape index (κ2) is 7.37. The SMILES string of the molecule is CC(=O)c1cccc(NC(=O)CCc2ccc(S(N)(=O)=O)cc2)c1. The number of benzene rings is 2. The monoisotopic (exact) mass is 346 g/mol. The Morgan fingerprint density at radius 3 is 2.33 bits per heavy atom. The van der Waals surface area contributed by atoms with E-state index in [9.17, 15) is 18.0 Å². The maximum Gasteiger partial charge on any atom is 0.238 e. The lowest BCUT2D eigenvalue weighted by Crippen LogP contribution is -2.13. The van der Waals surface area contributed by atoms with Gasteiger partial charge in [0.25, 0.3) is 0 Å². The second-order valence-electron chi connectivity index (χ2n) is 5.37. The van der Waals surface area contributed by atoms with Crippen molar-refractivity contribution in [3.8, 4) is 0 Å². The zero-order valence-corrected chi connectivity index (χ0v) is 14.0. The van der Waals surface area contributed by atoms with Gasteiger partial charge in [0.2, 0.25) is 15.9 Å². The molecule has 0 unspecified atom stereocenters. The number of primary sulfonamides is 1. The quantitative estimate of drug-likeness (QED) is 0.781. The molecule has 0 aliphatic rings. The largest absolute Gasteiger partial charge is 0.326 e. The van der Waals surface area contributed by atoms with Gasteiger partial charge < -0.3 is 5.32 Å². The number of Topliss-reactive ketones (excluding diaryl/α,β-unsaturated/α-hetero) is 1. The standard InChI is InChI=1S/C17H18N2O4S/c1-12(20)14-3-2-4-15(11-14)19-17(21)10-7-13-5-8-16(9-6-13)24(18,22)23/h2-6,8-9,11H,7,10H2,1H3,(H,19,21)(H2,18,22,23). The Bertz CT molecular complexity index is 858. The van der Waals surface area contributed by atoms with Crippen LogP contribution >= 0.6 is 0 Å². The van der Waals surface area contributed by atoms with Crippen LogP contribution < -0.4 is 10.5 Å². The van der Waals surface area contributed by atoms with Crippen LogP contribution in [0.5, 0.6) is 0 Å². The number of nitrogens with two attached hydrogens (primary N) is 1.